The van der Waals surface area contributed by atoms with Gasteiger partial charge in [-0.05, 0) is 13.8 Å². The molecular weight excluding hydrogens is 260 g/mol. The molecule has 1 aromatic rings. The van der Waals surface area contributed by atoms with E-state index in [0.29, 0.717) is 18.9 Å². The van der Waals surface area contributed by atoms with Crippen molar-refractivity contribution in [3.8, 4) is 0 Å². The van der Waals surface area contributed by atoms with Crippen LogP contribution in [0.3, 0.4) is 0 Å². The average Bonchev–Trinajstić information content (AvgIpc) is 2.44. The summed E-state index contributed by atoms with van der Waals surface area (Å²) in [5.74, 6) is 0.0736. The molecule has 20 heavy (non-hydrogen) atoms. The summed E-state index contributed by atoms with van der Waals surface area (Å²) in [4.78, 5) is 35.4. The summed E-state index contributed by atoms with van der Waals surface area (Å²) in [5, 5.41) is 0. The van der Waals surface area contributed by atoms with Gasteiger partial charge in [-0.15, -0.1) is 0 Å². The van der Waals surface area contributed by atoms with Crippen LogP contribution in [-0.2, 0) is 9.53 Å². The Labute approximate surface area is 117 Å². The lowest BCUT2D eigenvalue weighted by atomic mass is 9.98. The SMILES string of the molecule is COC(=O)c1cnc(N2CCN(C)C(=O)C2(C)C)cn1. The maximum absolute atomic E-state index is 12.2. The Balaban J connectivity index is 2.27. The molecule has 0 N–H and O–H groups in total. The highest BCUT2D eigenvalue weighted by molar-refractivity contribution is 5.90. The summed E-state index contributed by atoms with van der Waals surface area (Å²) >= 11 is 0. The van der Waals surface area contributed by atoms with Gasteiger partial charge < -0.3 is 14.5 Å². The predicted molar refractivity (Wildman–Crippen MR) is 72.4 cm³/mol. The topological polar surface area (TPSA) is 75.6 Å². The van der Waals surface area contributed by atoms with Crippen LogP contribution in [0.4, 0.5) is 5.82 Å². The van der Waals surface area contributed by atoms with Crippen LogP contribution in [0.2, 0.25) is 0 Å². The highest BCUT2D eigenvalue weighted by atomic mass is 16.5. The number of hydrogen-bond donors (Lipinski definition) is 0. The van der Waals surface area contributed by atoms with Crippen LogP contribution >= 0.6 is 0 Å². The number of methoxy groups -OCH3 is 1. The molecule has 7 nitrogen and oxygen atoms in total. The van der Waals surface area contributed by atoms with Crippen LogP contribution in [-0.4, -0.2) is 59.5 Å². The smallest absolute Gasteiger partial charge is 0.358 e. The van der Waals surface area contributed by atoms with E-state index in [0.717, 1.165) is 0 Å². The van der Waals surface area contributed by atoms with E-state index < -0.39 is 11.5 Å². The molecule has 0 aromatic carbocycles. The van der Waals surface area contributed by atoms with Gasteiger partial charge in [-0.2, -0.15) is 0 Å². The second-order valence-corrected chi connectivity index (χ2v) is 5.19. The third-order valence-corrected chi connectivity index (χ3v) is 3.51. The minimum absolute atomic E-state index is 0.0302. The molecule has 7 heteroatoms. The second kappa shape index (κ2) is 5.07. The number of amides is 1. The zero-order chi connectivity index (χ0) is 14.9. The van der Waals surface area contributed by atoms with Crippen LogP contribution in [0.15, 0.2) is 12.4 Å². The number of ether oxygens (including phenoxy) is 1. The van der Waals surface area contributed by atoms with Gasteiger partial charge in [0.25, 0.3) is 0 Å². The fourth-order valence-electron chi connectivity index (χ4n) is 2.29. The maximum atomic E-state index is 12.2. The first-order valence-electron chi connectivity index (χ1n) is 6.31. The van der Waals surface area contributed by atoms with Crippen molar-refractivity contribution in [3.63, 3.8) is 0 Å². The molecule has 2 rings (SSSR count). The van der Waals surface area contributed by atoms with Crippen LogP contribution < -0.4 is 4.90 Å². The van der Waals surface area contributed by atoms with Crippen molar-refractivity contribution in [1.29, 1.82) is 0 Å². The Hall–Kier alpha value is -2.18. The number of nitrogens with zero attached hydrogens (tertiary/aromatic N) is 4. The quantitative estimate of drug-likeness (QED) is 0.725. The molecule has 0 aliphatic carbocycles. The third kappa shape index (κ3) is 2.31. The molecule has 1 aromatic heterocycles. The Morgan fingerprint density at radius 1 is 1.30 bits per heavy atom. The minimum Gasteiger partial charge on any atom is -0.464 e. The van der Waals surface area contributed by atoms with E-state index in [-0.39, 0.29) is 11.6 Å². The lowest BCUT2D eigenvalue weighted by molar-refractivity contribution is -0.136. The van der Waals surface area contributed by atoms with Crippen LogP contribution in [0.5, 0.6) is 0 Å². The van der Waals surface area contributed by atoms with E-state index in [1.54, 1.807) is 11.9 Å². The highest BCUT2D eigenvalue weighted by Gasteiger charge is 2.41. The Kier molecular flexibility index (Phi) is 3.61. The molecule has 0 bridgehead atoms. The number of aromatic nitrogens is 2. The molecule has 1 fully saturated rings. The fraction of sp³-hybridized carbons (Fsp3) is 0.538. The average molecular weight is 278 g/mol. The Morgan fingerprint density at radius 2 is 2.00 bits per heavy atom. The normalized spacial score (nSPS) is 18.1. The van der Waals surface area contributed by atoms with Crippen molar-refractivity contribution in [3.05, 3.63) is 18.1 Å². The van der Waals surface area contributed by atoms with Gasteiger partial charge in [-0.3, -0.25) is 4.79 Å². The molecule has 2 heterocycles. The Bertz CT molecular complexity index is 527. The first-order chi connectivity index (χ1) is 9.37. The predicted octanol–water partition coefficient (Wildman–Crippen LogP) is 0.320. The molecule has 0 spiro atoms. The van der Waals surface area contributed by atoms with Gasteiger partial charge in [-0.1, -0.05) is 0 Å². The van der Waals surface area contributed by atoms with Crippen LogP contribution in [0.25, 0.3) is 0 Å². The van der Waals surface area contributed by atoms with Gasteiger partial charge in [0.15, 0.2) is 5.69 Å². The van der Waals surface area contributed by atoms with Crippen LogP contribution in [0, 0.1) is 0 Å². The van der Waals surface area contributed by atoms with Crippen molar-refractivity contribution >= 4 is 17.7 Å². The van der Waals surface area contributed by atoms with E-state index in [2.05, 4.69) is 14.7 Å². The van der Waals surface area contributed by atoms with Gasteiger partial charge in [0, 0.05) is 20.1 Å². The number of carbonyl (C=O) groups excluding carboxylic acids is 2. The zero-order valence-corrected chi connectivity index (χ0v) is 12.1. The number of esters is 1. The summed E-state index contributed by atoms with van der Waals surface area (Å²) in [6.45, 7) is 4.99. The first kappa shape index (κ1) is 14.2. The van der Waals surface area contributed by atoms with E-state index in [1.807, 2.05) is 18.7 Å². The number of piperazine rings is 1. The number of rotatable bonds is 2. The standard InChI is InChI=1S/C13H18N4O3/c1-13(2)12(19)16(3)5-6-17(13)10-8-14-9(7-15-10)11(18)20-4/h7-8H,5-6H2,1-4H3. The van der Waals surface area contributed by atoms with Crippen LogP contribution in [0.1, 0.15) is 24.3 Å². The monoisotopic (exact) mass is 278 g/mol. The molecule has 1 amide bonds. The number of likely N-dealkylation sites (N-methyl/N-ethyl adjacent to an activating group) is 1. The second-order valence-electron chi connectivity index (χ2n) is 5.19. The molecule has 1 aliphatic heterocycles. The number of anilines is 1. The molecule has 0 radical (unpaired) electrons. The van der Waals surface area contributed by atoms with E-state index >= 15 is 0 Å². The number of hydrogen-bond acceptors (Lipinski definition) is 6. The van der Waals surface area contributed by atoms with E-state index in [1.165, 1.54) is 19.5 Å². The molecule has 1 saturated heterocycles. The van der Waals surface area contributed by atoms with Gasteiger partial charge in [0.1, 0.15) is 11.4 Å². The summed E-state index contributed by atoms with van der Waals surface area (Å²) in [6.07, 6.45) is 2.85. The summed E-state index contributed by atoms with van der Waals surface area (Å²) < 4.78 is 4.58. The largest absolute Gasteiger partial charge is 0.464 e. The summed E-state index contributed by atoms with van der Waals surface area (Å²) in [6, 6.07) is 0. The molecular formula is C13H18N4O3. The summed E-state index contributed by atoms with van der Waals surface area (Å²) in [7, 11) is 3.08. The molecule has 108 valence electrons. The Morgan fingerprint density at radius 3 is 2.55 bits per heavy atom. The van der Waals surface area contributed by atoms with Crippen molar-refractivity contribution < 1.29 is 14.3 Å². The van der Waals surface area contributed by atoms with Crippen molar-refractivity contribution in [2.45, 2.75) is 19.4 Å². The fourth-order valence-corrected chi connectivity index (χ4v) is 2.29. The lowest BCUT2D eigenvalue weighted by Crippen LogP contribution is -2.62. The lowest BCUT2D eigenvalue weighted by Gasteiger charge is -2.45. The number of carbonyl (C=O) groups is 2. The minimum atomic E-state index is -0.686. The highest BCUT2D eigenvalue weighted by Crippen LogP contribution is 2.26. The van der Waals surface area contributed by atoms with Crippen molar-refractivity contribution in [1.82, 2.24) is 14.9 Å². The third-order valence-electron chi connectivity index (χ3n) is 3.51. The van der Waals surface area contributed by atoms with E-state index in [9.17, 15) is 9.59 Å². The van der Waals surface area contributed by atoms with Gasteiger partial charge >= 0.3 is 5.97 Å². The zero-order valence-electron chi connectivity index (χ0n) is 12.1. The molecule has 1 aliphatic rings. The molecule has 0 saturated carbocycles. The summed E-state index contributed by atoms with van der Waals surface area (Å²) in [5.41, 5.74) is -0.538. The molecule has 0 unspecified atom stereocenters. The van der Waals surface area contributed by atoms with E-state index in [4.69, 9.17) is 0 Å². The maximum Gasteiger partial charge on any atom is 0.358 e. The van der Waals surface area contributed by atoms with Gasteiger partial charge in [-0.25, -0.2) is 14.8 Å². The van der Waals surface area contributed by atoms with Crippen molar-refractivity contribution in [2.24, 2.45) is 0 Å². The van der Waals surface area contributed by atoms with Gasteiger partial charge in [0.2, 0.25) is 5.91 Å². The van der Waals surface area contributed by atoms with Gasteiger partial charge in [0.05, 0.1) is 19.5 Å². The van der Waals surface area contributed by atoms with Crippen molar-refractivity contribution in [2.75, 3.05) is 32.1 Å². The molecule has 0 atom stereocenters. The first-order valence-corrected chi connectivity index (χ1v) is 6.31.